The molecule has 1 rings (SSSR count). The maximum atomic E-state index is 10.8. The number of hydrogen-bond acceptors (Lipinski definition) is 5. The molecular weight excluding hydrogens is 286 g/mol. The maximum Gasteiger partial charge on any atom is 0.404 e. The topological polar surface area (TPSA) is 80.0 Å². The van der Waals surface area contributed by atoms with Crippen LogP contribution in [-0.2, 0) is 15.9 Å². The zero-order valence-corrected chi connectivity index (χ0v) is 13.4. The average Bonchev–Trinajstić information content (AvgIpc) is 2.47. The van der Waals surface area contributed by atoms with Gasteiger partial charge in [-0.15, -0.1) is 0 Å². The van der Waals surface area contributed by atoms with Crippen molar-refractivity contribution in [3.05, 3.63) is 29.3 Å². The van der Waals surface area contributed by atoms with Crippen molar-refractivity contribution < 1.29 is 23.7 Å². The molecule has 1 aromatic rings. The predicted molar refractivity (Wildman–Crippen MR) is 84.3 cm³/mol. The van der Waals surface area contributed by atoms with E-state index in [0.717, 1.165) is 11.1 Å². The van der Waals surface area contributed by atoms with E-state index < -0.39 is 6.09 Å². The van der Waals surface area contributed by atoms with Gasteiger partial charge in [0.1, 0.15) is 17.6 Å². The Labute approximate surface area is 130 Å². The van der Waals surface area contributed by atoms with Gasteiger partial charge in [0.25, 0.3) is 0 Å². The first-order valence-electron chi connectivity index (χ1n) is 6.88. The van der Waals surface area contributed by atoms with Gasteiger partial charge in [-0.05, 0) is 19.1 Å². The minimum atomic E-state index is -0.794. The highest BCUT2D eigenvalue weighted by Crippen LogP contribution is 2.31. The molecule has 0 spiro atoms. The second kappa shape index (κ2) is 8.94. The monoisotopic (exact) mass is 309 g/mol. The van der Waals surface area contributed by atoms with E-state index in [1.165, 1.54) is 0 Å². The van der Waals surface area contributed by atoms with Crippen LogP contribution in [0.5, 0.6) is 11.5 Å². The number of methoxy groups -OCH3 is 3. The third kappa shape index (κ3) is 5.29. The molecule has 0 aliphatic rings. The molecule has 0 aromatic heterocycles. The summed E-state index contributed by atoms with van der Waals surface area (Å²) in [5.41, 5.74) is 6.78. The minimum absolute atomic E-state index is 0.356. The summed E-state index contributed by atoms with van der Waals surface area (Å²) in [5, 5.41) is 0. The van der Waals surface area contributed by atoms with Gasteiger partial charge < -0.3 is 24.7 Å². The van der Waals surface area contributed by atoms with E-state index in [-0.39, 0.29) is 6.10 Å². The van der Waals surface area contributed by atoms with Crippen molar-refractivity contribution >= 4 is 12.2 Å². The standard InChI is InChI=1S/C16H23NO5/c1-11(22-16(17)18)8-13-10-14(20-3)12(6-5-7-19-2)9-15(13)21-4/h5-6,9-11H,7-8H2,1-4H3,(H2,17,18)/b6-5+. The molecule has 22 heavy (non-hydrogen) atoms. The van der Waals surface area contributed by atoms with Crippen molar-refractivity contribution in [3.8, 4) is 11.5 Å². The lowest BCUT2D eigenvalue weighted by atomic mass is 10.0. The van der Waals surface area contributed by atoms with Gasteiger partial charge in [0.2, 0.25) is 0 Å². The average molecular weight is 309 g/mol. The van der Waals surface area contributed by atoms with Crippen LogP contribution in [0.15, 0.2) is 18.2 Å². The van der Waals surface area contributed by atoms with E-state index >= 15 is 0 Å². The molecule has 0 aliphatic heterocycles. The molecule has 0 bridgehead atoms. The minimum Gasteiger partial charge on any atom is -0.496 e. The van der Waals surface area contributed by atoms with Crippen LogP contribution in [0.3, 0.4) is 0 Å². The van der Waals surface area contributed by atoms with E-state index in [1.54, 1.807) is 28.3 Å². The summed E-state index contributed by atoms with van der Waals surface area (Å²) in [5.74, 6) is 1.40. The second-order valence-electron chi connectivity index (χ2n) is 4.72. The SMILES string of the molecule is COC/C=C/c1cc(OC)c(CC(C)OC(N)=O)cc1OC. The van der Waals surface area contributed by atoms with Crippen molar-refractivity contribution in [1.29, 1.82) is 0 Å². The number of carbonyl (C=O) groups excluding carboxylic acids is 1. The third-order valence-corrected chi connectivity index (χ3v) is 3.02. The highest BCUT2D eigenvalue weighted by molar-refractivity contribution is 5.65. The molecule has 1 amide bonds. The van der Waals surface area contributed by atoms with Gasteiger partial charge in [0.05, 0.1) is 20.8 Å². The molecule has 1 atom stereocenters. The number of benzene rings is 1. The smallest absolute Gasteiger partial charge is 0.404 e. The lowest BCUT2D eigenvalue weighted by molar-refractivity contribution is 0.116. The fourth-order valence-electron chi connectivity index (χ4n) is 2.10. The Hall–Kier alpha value is -2.21. The number of primary amides is 1. The van der Waals surface area contributed by atoms with Crippen molar-refractivity contribution in [1.82, 2.24) is 0 Å². The Morgan fingerprint density at radius 1 is 1.23 bits per heavy atom. The van der Waals surface area contributed by atoms with Gasteiger partial charge in [-0.3, -0.25) is 0 Å². The van der Waals surface area contributed by atoms with Crippen LogP contribution in [0, 0.1) is 0 Å². The van der Waals surface area contributed by atoms with Crippen molar-refractivity contribution in [2.75, 3.05) is 27.9 Å². The van der Waals surface area contributed by atoms with E-state index in [2.05, 4.69) is 0 Å². The number of nitrogens with two attached hydrogens (primary N) is 1. The van der Waals surface area contributed by atoms with Crippen LogP contribution in [0.25, 0.3) is 6.08 Å². The molecule has 1 aromatic carbocycles. The maximum absolute atomic E-state index is 10.8. The highest BCUT2D eigenvalue weighted by Gasteiger charge is 2.14. The number of carbonyl (C=O) groups is 1. The van der Waals surface area contributed by atoms with Gasteiger partial charge in [-0.1, -0.05) is 12.2 Å². The molecule has 1 unspecified atom stereocenters. The molecule has 6 nitrogen and oxygen atoms in total. The first-order chi connectivity index (χ1) is 10.5. The van der Waals surface area contributed by atoms with Crippen LogP contribution in [0.4, 0.5) is 4.79 Å². The molecule has 0 aliphatic carbocycles. The first-order valence-corrected chi connectivity index (χ1v) is 6.88. The fourth-order valence-corrected chi connectivity index (χ4v) is 2.10. The quantitative estimate of drug-likeness (QED) is 0.797. The van der Waals surface area contributed by atoms with Gasteiger partial charge in [-0.25, -0.2) is 4.79 Å². The normalized spacial score (nSPS) is 12.2. The summed E-state index contributed by atoms with van der Waals surface area (Å²) in [4.78, 5) is 10.8. The zero-order valence-electron chi connectivity index (χ0n) is 13.4. The number of amides is 1. The molecule has 2 N–H and O–H groups in total. The van der Waals surface area contributed by atoms with Crippen LogP contribution in [0.2, 0.25) is 0 Å². The lowest BCUT2D eigenvalue weighted by Crippen LogP contribution is -2.22. The second-order valence-corrected chi connectivity index (χ2v) is 4.72. The summed E-state index contributed by atoms with van der Waals surface area (Å²) in [6.45, 7) is 2.28. The predicted octanol–water partition coefficient (Wildman–Crippen LogP) is 2.39. The van der Waals surface area contributed by atoms with Crippen molar-refractivity contribution in [2.24, 2.45) is 5.73 Å². The van der Waals surface area contributed by atoms with E-state index in [4.69, 9.17) is 24.7 Å². The first kappa shape index (κ1) is 17.8. The summed E-state index contributed by atoms with van der Waals surface area (Å²) >= 11 is 0. The molecule has 122 valence electrons. The fraction of sp³-hybridized carbons (Fsp3) is 0.438. The van der Waals surface area contributed by atoms with Crippen LogP contribution in [-0.4, -0.2) is 40.1 Å². The van der Waals surface area contributed by atoms with Gasteiger partial charge in [-0.2, -0.15) is 0 Å². The van der Waals surface area contributed by atoms with Crippen LogP contribution < -0.4 is 15.2 Å². The summed E-state index contributed by atoms with van der Waals surface area (Å²) in [6.07, 6.45) is 3.11. The van der Waals surface area contributed by atoms with E-state index in [0.29, 0.717) is 24.5 Å². The summed E-state index contributed by atoms with van der Waals surface area (Å²) in [6, 6.07) is 3.74. The summed E-state index contributed by atoms with van der Waals surface area (Å²) in [7, 11) is 4.82. The number of rotatable bonds is 8. The molecule has 0 saturated carbocycles. The molecular formula is C16H23NO5. The van der Waals surface area contributed by atoms with Crippen LogP contribution in [0.1, 0.15) is 18.1 Å². The van der Waals surface area contributed by atoms with Gasteiger partial charge >= 0.3 is 6.09 Å². The lowest BCUT2D eigenvalue weighted by Gasteiger charge is -2.16. The Bertz CT molecular complexity index is 528. The Kier molecular flexibility index (Phi) is 7.25. The number of ether oxygens (including phenoxy) is 4. The molecule has 0 saturated heterocycles. The third-order valence-electron chi connectivity index (χ3n) is 3.02. The summed E-state index contributed by atoms with van der Waals surface area (Å²) < 4.78 is 20.7. The number of hydrogen-bond donors (Lipinski definition) is 1. The molecule has 6 heteroatoms. The molecule has 0 heterocycles. The van der Waals surface area contributed by atoms with E-state index in [9.17, 15) is 4.79 Å². The van der Waals surface area contributed by atoms with Crippen LogP contribution >= 0.6 is 0 Å². The Morgan fingerprint density at radius 3 is 2.45 bits per heavy atom. The zero-order chi connectivity index (χ0) is 16.5. The Balaban J connectivity index is 3.05. The van der Waals surface area contributed by atoms with Gasteiger partial charge in [0.15, 0.2) is 0 Å². The van der Waals surface area contributed by atoms with Crippen molar-refractivity contribution in [2.45, 2.75) is 19.4 Å². The molecule has 0 radical (unpaired) electrons. The Morgan fingerprint density at radius 2 is 1.91 bits per heavy atom. The van der Waals surface area contributed by atoms with E-state index in [1.807, 2.05) is 24.3 Å². The highest BCUT2D eigenvalue weighted by atomic mass is 16.6. The molecule has 0 fully saturated rings. The van der Waals surface area contributed by atoms with Gasteiger partial charge in [0, 0.05) is 24.7 Å². The largest absolute Gasteiger partial charge is 0.496 e. The van der Waals surface area contributed by atoms with Crippen molar-refractivity contribution in [3.63, 3.8) is 0 Å².